The van der Waals surface area contributed by atoms with Crippen molar-refractivity contribution in [1.82, 2.24) is 0 Å². The molecule has 0 atom stereocenters. The van der Waals surface area contributed by atoms with Gasteiger partial charge in [-0.05, 0) is 0 Å². The molecule has 0 aromatic rings. The monoisotopic (exact) mass is 480 g/mol. The van der Waals surface area contributed by atoms with Gasteiger partial charge in [0.05, 0.1) is 0 Å². The molecule has 0 radical (unpaired) electrons. The van der Waals surface area contributed by atoms with Crippen LogP contribution in [0, 0.1) is 0 Å². The minimum absolute atomic E-state index is 0. The standard InChI is InChI=1S/4C3H7O2.2Zr/c4*1-5-3-2-4;;/h4*2-3H2,1H3;;/q4*-1;;+4. The molecule has 0 rings (SSSR count). The van der Waals surface area contributed by atoms with Crippen molar-refractivity contribution >= 4 is 0 Å². The molecule has 0 aliphatic heterocycles. The molecule has 10 heteroatoms. The van der Waals surface area contributed by atoms with Crippen LogP contribution in [-0.4, -0.2) is 81.3 Å². The Hall–Kier alpha value is 1.45. The van der Waals surface area contributed by atoms with Crippen LogP contribution in [0.2, 0.25) is 0 Å². The van der Waals surface area contributed by atoms with Crippen LogP contribution in [0.3, 0.4) is 0 Å². The fraction of sp³-hybridized carbons (Fsp3) is 1.00. The van der Waals surface area contributed by atoms with Crippen molar-refractivity contribution in [1.29, 1.82) is 0 Å². The molecule has 22 heavy (non-hydrogen) atoms. The van der Waals surface area contributed by atoms with Crippen molar-refractivity contribution in [2.24, 2.45) is 0 Å². The molecule has 0 unspecified atom stereocenters. The van der Waals surface area contributed by atoms with Gasteiger partial charge in [-0.3, -0.25) is 0 Å². The van der Waals surface area contributed by atoms with Crippen molar-refractivity contribution < 1.29 is 78.4 Å². The number of ether oxygens (including phenoxy) is 4. The zero-order chi connectivity index (χ0) is 15.8. The Morgan fingerprint density at radius 2 is 0.682 bits per heavy atom. The van der Waals surface area contributed by atoms with E-state index in [1.807, 2.05) is 0 Å². The van der Waals surface area contributed by atoms with Crippen LogP contribution in [0.15, 0.2) is 0 Å². The SMILES string of the molecule is COCC[O][Zr]([O]CCOC)([O]CCOC)[O]CCOC.[Zr]. The minimum atomic E-state index is -4.11. The van der Waals surface area contributed by atoms with E-state index in [1.165, 1.54) is 0 Å². The van der Waals surface area contributed by atoms with Gasteiger partial charge in [-0.25, -0.2) is 0 Å². The molecule has 8 nitrogen and oxygen atoms in total. The van der Waals surface area contributed by atoms with Gasteiger partial charge in [0.1, 0.15) is 0 Å². The van der Waals surface area contributed by atoms with Gasteiger partial charge in [0.25, 0.3) is 0 Å². The van der Waals surface area contributed by atoms with E-state index in [-0.39, 0.29) is 26.2 Å². The second kappa shape index (κ2) is 18.8. The van der Waals surface area contributed by atoms with Crippen LogP contribution in [0.4, 0.5) is 0 Å². The average Bonchev–Trinajstić information content (AvgIpc) is 2.48. The largest absolute Gasteiger partial charge is 0 e. The number of hydrogen-bond acceptors (Lipinski definition) is 8. The first kappa shape index (κ1) is 25.7. The molecule has 0 aromatic heterocycles. The zero-order valence-corrected chi connectivity index (χ0v) is 18.8. The van der Waals surface area contributed by atoms with Gasteiger partial charge in [0.2, 0.25) is 0 Å². The quantitative estimate of drug-likeness (QED) is 0.294. The summed E-state index contributed by atoms with van der Waals surface area (Å²) in [6.45, 7) is 3.14. The van der Waals surface area contributed by atoms with Crippen LogP contribution in [0.1, 0.15) is 0 Å². The Kier molecular flexibility index (Phi) is 21.9. The van der Waals surface area contributed by atoms with E-state index in [9.17, 15) is 0 Å². The van der Waals surface area contributed by atoms with Gasteiger partial charge in [-0.15, -0.1) is 0 Å². The topological polar surface area (TPSA) is 73.8 Å². The molecule has 0 bridgehead atoms. The third-order valence-electron chi connectivity index (χ3n) is 2.27. The van der Waals surface area contributed by atoms with Crippen molar-refractivity contribution in [3.63, 3.8) is 0 Å². The smallest absolute Gasteiger partial charge is 0 e. The van der Waals surface area contributed by atoms with E-state index in [4.69, 9.17) is 30.2 Å². The number of methoxy groups -OCH3 is 4. The van der Waals surface area contributed by atoms with Crippen molar-refractivity contribution in [3.05, 3.63) is 0 Å². The predicted octanol–water partition coefficient (Wildman–Crippen LogP) is 0.450. The number of rotatable bonds is 16. The molecular weight excluding hydrogens is 455 g/mol. The van der Waals surface area contributed by atoms with Gasteiger partial charge in [-0.2, -0.15) is 0 Å². The first-order valence-corrected chi connectivity index (χ1v) is 10.8. The Morgan fingerprint density at radius 3 is 0.864 bits per heavy atom. The molecule has 0 amide bonds. The first-order valence-electron chi connectivity index (χ1n) is 6.76. The molecule has 0 saturated carbocycles. The van der Waals surface area contributed by atoms with Crippen LogP contribution >= 0.6 is 0 Å². The van der Waals surface area contributed by atoms with Crippen LogP contribution in [0.25, 0.3) is 0 Å². The van der Waals surface area contributed by atoms with E-state index in [0.717, 1.165) is 0 Å². The molecule has 0 heterocycles. The second-order valence-corrected chi connectivity index (χ2v) is 9.16. The molecule has 132 valence electrons. The first-order chi connectivity index (χ1) is 10.2. The van der Waals surface area contributed by atoms with E-state index >= 15 is 0 Å². The minimum Gasteiger partial charge on any atom is 0 e. The summed E-state index contributed by atoms with van der Waals surface area (Å²) in [6.07, 6.45) is 0. The summed E-state index contributed by atoms with van der Waals surface area (Å²) in [4.78, 5) is 0. The third-order valence-corrected chi connectivity index (χ3v) is 7.75. The molecule has 0 N–H and O–H groups in total. The van der Waals surface area contributed by atoms with Crippen molar-refractivity contribution in [3.8, 4) is 0 Å². The predicted molar refractivity (Wildman–Crippen MR) is 71.3 cm³/mol. The third kappa shape index (κ3) is 13.8. The van der Waals surface area contributed by atoms with Gasteiger partial charge in [-0.1, -0.05) is 0 Å². The molecule has 0 aliphatic carbocycles. The summed E-state index contributed by atoms with van der Waals surface area (Å²) in [7, 11) is 6.40. The second-order valence-electron chi connectivity index (χ2n) is 3.87. The molecule has 0 fully saturated rings. The normalized spacial score (nSPS) is 11.5. The summed E-state index contributed by atoms with van der Waals surface area (Å²) in [5.74, 6) is 0. The van der Waals surface area contributed by atoms with E-state index in [0.29, 0.717) is 52.9 Å². The van der Waals surface area contributed by atoms with Crippen LogP contribution in [0.5, 0.6) is 0 Å². The molecule has 0 saturated heterocycles. The summed E-state index contributed by atoms with van der Waals surface area (Å²) >= 11 is -4.11. The Bertz CT molecular complexity index is 178. The fourth-order valence-electron chi connectivity index (χ4n) is 1.25. The van der Waals surface area contributed by atoms with E-state index < -0.39 is 22.0 Å². The van der Waals surface area contributed by atoms with Crippen LogP contribution in [-0.2, 0) is 78.4 Å². The summed E-state index contributed by atoms with van der Waals surface area (Å²) in [6, 6.07) is 0. The summed E-state index contributed by atoms with van der Waals surface area (Å²) in [5, 5.41) is 0. The molecular formula is C12H28O8Zr2. The molecule has 0 spiro atoms. The molecule has 0 aromatic carbocycles. The Morgan fingerprint density at radius 1 is 0.455 bits per heavy atom. The van der Waals surface area contributed by atoms with Crippen LogP contribution < -0.4 is 0 Å². The number of hydrogen-bond donors (Lipinski definition) is 0. The van der Waals surface area contributed by atoms with Gasteiger partial charge in [0, 0.05) is 26.2 Å². The van der Waals surface area contributed by atoms with E-state index in [1.54, 1.807) is 28.4 Å². The summed E-state index contributed by atoms with van der Waals surface area (Å²) in [5.41, 5.74) is 0. The van der Waals surface area contributed by atoms with Gasteiger partial charge >= 0.3 is 134 Å². The molecule has 0 aliphatic rings. The van der Waals surface area contributed by atoms with Crippen molar-refractivity contribution in [2.75, 3.05) is 81.3 Å². The maximum Gasteiger partial charge on any atom is 0 e. The fourth-order valence-corrected chi connectivity index (χ4v) is 5.76. The summed E-state index contributed by atoms with van der Waals surface area (Å²) < 4.78 is 43.0. The zero-order valence-electron chi connectivity index (χ0n) is 13.9. The Balaban J connectivity index is 0. The maximum atomic E-state index is 5.76. The Labute approximate surface area is 159 Å². The van der Waals surface area contributed by atoms with Gasteiger partial charge in [0.15, 0.2) is 0 Å². The van der Waals surface area contributed by atoms with E-state index in [2.05, 4.69) is 0 Å². The average molecular weight is 483 g/mol. The van der Waals surface area contributed by atoms with Crippen molar-refractivity contribution in [2.45, 2.75) is 0 Å². The maximum absolute atomic E-state index is 5.76. The van der Waals surface area contributed by atoms with Gasteiger partial charge < -0.3 is 0 Å².